The third kappa shape index (κ3) is 7.55. The zero-order valence-corrected chi connectivity index (χ0v) is 16.6. The van der Waals surface area contributed by atoms with Crippen LogP contribution in [0.2, 0.25) is 0 Å². The first-order chi connectivity index (χ1) is 11.9. The summed E-state index contributed by atoms with van der Waals surface area (Å²) < 4.78 is 34.5. The minimum atomic E-state index is -3.01. The zero-order valence-electron chi connectivity index (χ0n) is 15.8. The molecule has 0 spiro atoms. The van der Waals surface area contributed by atoms with E-state index in [1.807, 2.05) is 13.8 Å². The minimum Gasteiger partial charge on any atom is -0.444 e. The summed E-state index contributed by atoms with van der Waals surface area (Å²) in [5, 5.41) is 5.36. The van der Waals surface area contributed by atoms with Gasteiger partial charge in [0.05, 0.1) is 6.04 Å². The van der Waals surface area contributed by atoms with Gasteiger partial charge in [-0.2, -0.15) is 8.78 Å². The molecule has 0 aliphatic carbocycles. The SMILES string of the molecule is Cc1cc(OC(F)F)c(C(=O)NCC(NC(=O)OC(C)(C)C)C(C)C)s1. The molecule has 0 bridgehead atoms. The predicted molar refractivity (Wildman–Crippen MR) is 96.0 cm³/mol. The number of ether oxygens (including phenoxy) is 2. The number of rotatable bonds is 7. The van der Waals surface area contributed by atoms with E-state index in [1.54, 1.807) is 27.7 Å². The Morgan fingerprint density at radius 3 is 2.38 bits per heavy atom. The first-order valence-electron chi connectivity index (χ1n) is 8.22. The van der Waals surface area contributed by atoms with Crippen LogP contribution in [-0.4, -0.2) is 36.8 Å². The Hall–Kier alpha value is -1.90. The van der Waals surface area contributed by atoms with Crippen LogP contribution in [0.25, 0.3) is 0 Å². The van der Waals surface area contributed by atoms with Gasteiger partial charge in [0.1, 0.15) is 16.2 Å². The summed E-state index contributed by atoms with van der Waals surface area (Å²) in [5.74, 6) is -0.665. The van der Waals surface area contributed by atoms with Gasteiger partial charge in [0, 0.05) is 11.4 Å². The smallest absolute Gasteiger partial charge is 0.407 e. The summed E-state index contributed by atoms with van der Waals surface area (Å²) in [6.45, 7) is 7.84. The summed E-state index contributed by atoms with van der Waals surface area (Å²) in [5.41, 5.74) is -0.634. The number of alkyl carbamates (subject to hydrolysis) is 1. The van der Waals surface area contributed by atoms with Crippen molar-refractivity contribution in [3.8, 4) is 5.75 Å². The molecule has 0 fully saturated rings. The molecule has 2 N–H and O–H groups in total. The molecule has 0 aliphatic rings. The van der Waals surface area contributed by atoms with Crippen LogP contribution in [0.4, 0.5) is 13.6 Å². The summed E-state index contributed by atoms with van der Waals surface area (Å²) >= 11 is 1.06. The highest BCUT2D eigenvalue weighted by Gasteiger charge is 2.24. The van der Waals surface area contributed by atoms with E-state index in [0.717, 1.165) is 11.3 Å². The van der Waals surface area contributed by atoms with Gasteiger partial charge >= 0.3 is 12.7 Å². The molecule has 0 saturated heterocycles. The molecule has 1 aromatic heterocycles. The number of hydrogen-bond donors (Lipinski definition) is 2. The molecule has 0 radical (unpaired) electrons. The van der Waals surface area contributed by atoms with Crippen LogP contribution in [0.5, 0.6) is 5.75 Å². The van der Waals surface area contributed by atoms with Crippen molar-refractivity contribution >= 4 is 23.3 Å². The quantitative estimate of drug-likeness (QED) is 0.737. The number of aryl methyl sites for hydroxylation is 1. The summed E-state index contributed by atoms with van der Waals surface area (Å²) in [6, 6.07) is 1.01. The first kappa shape index (κ1) is 22.1. The fourth-order valence-corrected chi connectivity index (χ4v) is 2.89. The Balaban J connectivity index is 2.72. The number of amides is 2. The highest BCUT2D eigenvalue weighted by molar-refractivity contribution is 7.14. The van der Waals surface area contributed by atoms with Gasteiger partial charge in [-0.05, 0) is 39.7 Å². The molecule has 1 heterocycles. The summed E-state index contributed by atoms with van der Waals surface area (Å²) in [6.07, 6.45) is -0.584. The van der Waals surface area contributed by atoms with Crippen molar-refractivity contribution < 1.29 is 27.8 Å². The lowest BCUT2D eigenvalue weighted by atomic mass is 10.0. The fraction of sp³-hybridized carbons (Fsp3) is 0.647. The Labute approximate surface area is 156 Å². The molecule has 2 amide bonds. The zero-order chi connectivity index (χ0) is 20.1. The van der Waals surface area contributed by atoms with E-state index in [4.69, 9.17) is 4.74 Å². The molecule has 9 heteroatoms. The van der Waals surface area contributed by atoms with Gasteiger partial charge in [-0.3, -0.25) is 4.79 Å². The van der Waals surface area contributed by atoms with Crippen LogP contribution in [-0.2, 0) is 4.74 Å². The molecule has 148 valence electrons. The van der Waals surface area contributed by atoms with Gasteiger partial charge in [0.25, 0.3) is 5.91 Å². The maximum Gasteiger partial charge on any atom is 0.407 e. The van der Waals surface area contributed by atoms with Crippen LogP contribution in [0.15, 0.2) is 6.07 Å². The first-order valence-corrected chi connectivity index (χ1v) is 9.03. The summed E-state index contributed by atoms with van der Waals surface area (Å²) in [7, 11) is 0. The van der Waals surface area contributed by atoms with Gasteiger partial charge in [-0.1, -0.05) is 13.8 Å². The van der Waals surface area contributed by atoms with Crippen molar-refractivity contribution in [3.05, 3.63) is 15.8 Å². The average Bonchev–Trinajstić information content (AvgIpc) is 2.80. The van der Waals surface area contributed by atoms with E-state index in [-0.39, 0.29) is 29.1 Å². The minimum absolute atomic E-state index is 0.0182. The van der Waals surface area contributed by atoms with Gasteiger partial charge in [0.15, 0.2) is 0 Å². The highest BCUT2D eigenvalue weighted by atomic mass is 32.1. The van der Waals surface area contributed by atoms with Crippen molar-refractivity contribution in [1.82, 2.24) is 10.6 Å². The molecule has 1 unspecified atom stereocenters. The maximum absolute atomic E-state index is 12.5. The van der Waals surface area contributed by atoms with Crippen LogP contribution < -0.4 is 15.4 Å². The monoisotopic (exact) mass is 392 g/mol. The Morgan fingerprint density at radius 2 is 1.88 bits per heavy atom. The third-order valence-corrected chi connectivity index (χ3v) is 4.26. The number of carbonyl (C=O) groups excluding carboxylic acids is 2. The fourth-order valence-electron chi connectivity index (χ4n) is 2.03. The number of nitrogens with one attached hydrogen (secondary N) is 2. The lowest BCUT2D eigenvalue weighted by Gasteiger charge is -2.26. The Morgan fingerprint density at radius 1 is 1.27 bits per heavy atom. The van der Waals surface area contributed by atoms with E-state index in [0.29, 0.717) is 4.88 Å². The van der Waals surface area contributed by atoms with E-state index in [2.05, 4.69) is 15.4 Å². The summed E-state index contributed by atoms with van der Waals surface area (Å²) in [4.78, 5) is 25.0. The Bertz CT molecular complexity index is 627. The largest absolute Gasteiger partial charge is 0.444 e. The van der Waals surface area contributed by atoms with Gasteiger partial charge in [-0.25, -0.2) is 4.79 Å². The predicted octanol–water partition coefficient (Wildman–Crippen LogP) is 3.94. The average molecular weight is 392 g/mol. The lowest BCUT2D eigenvalue weighted by molar-refractivity contribution is -0.0498. The highest BCUT2D eigenvalue weighted by Crippen LogP contribution is 2.30. The maximum atomic E-state index is 12.5. The molecule has 0 saturated carbocycles. The van der Waals surface area contributed by atoms with Gasteiger partial charge in [-0.15, -0.1) is 11.3 Å². The lowest BCUT2D eigenvalue weighted by Crippen LogP contribution is -2.48. The van der Waals surface area contributed by atoms with E-state index < -0.39 is 24.2 Å². The second-order valence-electron chi connectivity index (χ2n) is 7.14. The van der Waals surface area contributed by atoms with Crippen LogP contribution in [0, 0.1) is 12.8 Å². The molecule has 26 heavy (non-hydrogen) atoms. The number of hydrogen-bond acceptors (Lipinski definition) is 5. The van der Waals surface area contributed by atoms with Crippen LogP contribution >= 0.6 is 11.3 Å². The molecule has 6 nitrogen and oxygen atoms in total. The number of halogens is 2. The second-order valence-corrected chi connectivity index (χ2v) is 8.39. The number of thiophene rings is 1. The normalized spacial score (nSPS) is 12.8. The number of carbonyl (C=O) groups is 2. The molecule has 1 rings (SSSR count). The number of alkyl halides is 2. The standard InChI is InChI=1S/C17H26F2N2O4S/c1-9(2)11(21-16(23)25-17(4,5)6)8-20-14(22)13-12(24-15(18)19)7-10(3)26-13/h7,9,11,15H,8H2,1-6H3,(H,20,22)(H,21,23). The van der Waals surface area contributed by atoms with Crippen molar-refractivity contribution in [1.29, 1.82) is 0 Å². The topological polar surface area (TPSA) is 76.7 Å². The van der Waals surface area contributed by atoms with E-state index in [1.165, 1.54) is 6.07 Å². The van der Waals surface area contributed by atoms with Crippen LogP contribution in [0.1, 0.15) is 49.2 Å². The van der Waals surface area contributed by atoms with Crippen molar-refractivity contribution in [2.75, 3.05) is 6.54 Å². The molecule has 1 aromatic rings. The van der Waals surface area contributed by atoms with Crippen molar-refractivity contribution in [2.45, 2.75) is 59.8 Å². The molecular weight excluding hydrogens is 366 g/mol. The van der Waals surface area contributed by atoms with Crippen molar-refractivity contribution in [3.63, 3.8) is 0 Å². The van der Waals surface area contributed by atoms with E-state index in [9.17, 15) is 18.4 Å². The molecule has 0 aromatic carbocycles. The van der Waals surface area contributed by atoms with Crippen molar-refractivity contribution in [2.24, 2.45) is 5.92 Å². The van der Waals surface area contributed by atoms with Gasteiger partial charge in [0.2, 0.25) is 0 Å². The molecule has 1 atom stereocenters. The second kappa shape index (κ2) is 9.16. The van der Waals surface area contributed by atoms with Crippen LogP contribution in [0.3, 0.4) is 0 Å². The molecular formula is C17H26F2N2O4S. The molecule has 0 aliphatic heterocycles. The third-order valence-electron chi connectivity index (χ3n) is 3.23. The van der Waals surface area contributed by atoms with Gasteiger partial charge < -0.3 is 20.1 Å². The van der Waals surface area contributed by atoms with E-state index >= 15 is 0 Å². The Kier molecular flexibility index (Phi) is 7.80.